The largest absolute Gasteiger partial charge is 0.486 e. The average Bonchev–Trinajstić information content (AvgIpc) is 2.53. The van der Waals surface area contributed by atoms with Crippen LogP contribution in [0, 0.1) is 5.82 Å². The highest BCUT2D eigenvalue weighted by Crippen LogP contribution is 2.34. The van der Waals surface area contributed by atoms with E-state index in [1.165, 1.54) is 6.07 Å². The molecule has 0 bridgehead atoms. The molecule has 0 aromatic heterocycles. The first-order chi connectivity index (χ1) is 10.3. The minimum absolute atomic E-state index is 0.231. The molecule has 3 rings (SSSR count). The van der Waals surface area contributed by atoms with Gasteiger partial charge in [0.05, 0.1) is 6.04 Å². The minimum atomic E-state index is -0.267. The molecule has 0 radical (unpaired) electrons. The number of hydrogen-bond donors (Lipinski definition) is 1. The molecule has 2 unspecified atom stereocenters. The lowest BCUT2D eigenvalue weighted by atomic mass is 10.0. The fourth-order valence-electron chi connectivity index (χ4n) is 2.59. The van der Waals surface area contributed by atoms with Gasteiger partial charge in [-0.3, -0.25) is 0 Å². The van der Waals surface area contributed by atoms with Crippen LogP contribution in [-0.2, 0) is 0 Å². The Morgan fingerprint density at radius 3 is 2.62 bits per heavy atom. The summed E-state index contributed by atoms with van der Waals surface area (Å²) >= 11 is 0. The molecule has 1 N–H and O–H groups in total. The summed E-state index contributed by atoms with van der Waals surface area (Å²) < 4.78 is 25.8. The number of benzene rings is 2. The number of likely N-dealkylation sites (N-methyl/N-ethyl adjacent to an activating group) is 1. The first-order valence-corrected chi connectivity index (χ1v) is 7.16. The summed E-state index contributed by atoms with van der Waals surface area (Å²) in [7, 11) is 0. The van der Waals surface area contributed by atoms with Crippen LogP contribution in [-0.4, -0.2) is 19.3 Å². The summed E-state index contributed by atoms with van der Waals surface area (Å²) in [6, 6.07) is 14.1. The molecule has 110 valence electrons. The van der Waals surface area contributed by atoms with E-state index in [2.05, 4.69) is 5.32 Å². The molecule has 0 saturated carbocycles. The maximum Gasteiger partial charge on any atom is 0.161 e. The van der Waals surface area contributed by atoms with Crippen LogP contribution in [0.5, 0.6) is 11.5 Å². The lowest BCUT2D eigenvalue weighted by Crippen LogP contribution is -2.42. The van der Waals surface area contributed by atoms with Crippen LogP contribution in [0.25, 0.3) is 0 Å². The normalized spacial score (nSPS) is 18.3. The highest BCUT2D eigenvalue weighted by atomic mass is 19.1. The predicted molar refractivity (Wildman–Crippen MR) is 79.2 cm³/mol. The van der Waals surface area contributed by atoms with Crippen LogP contribution in [0.4, 0.5) is 4.39 Å². The lowest BCUT2D eigenvalue weighted by molar-refractivity contribution is 0.0611. The smallest absolute Gasteiger partial charge is 0.161 e. The maximum absolute atomic E-state index is 14.1. The quantitative estimate of drug-likeness (QED) is 0.935. The summed E-state index contributed by atoms with van der Waals surface area (Å²) in [5.74, 6) is 1.21. The van der Waals surface area contributed by atoms with Gasteiger partial charge in [0.15, 0.2) is 17.6 Å². The van der Waals surface area contributed by atoms with Gasteiger partial charge in [-0.25, -0.2) is 4.39 Å². The van der Waals surface area contributed by atoms with Crippen molar-refractivity contribution in [1.29, 1.82) is 0 Å². The SMILES string of the molecule is CCNC(c1ccccc1F)C1COc2ccccc2O1. The second kappa shape index (κ2) is 6.14. The van der Waals surface area contributed by atoms with Crippen LogP contribution >= 0.6 is 0 Å². The molecule has 0 spiro atoms. The van der Waals surface area contributed by atoms with Crippen molar-refractivity contribution in [3.63, 3.8) is 0 Å². The second-order valence-corrected chi connectivity index (χ2v) is 4.97. The zero-order chi connectivity index (χ0) is 14.7. The molecular weight excluding hydrogens is 269 g/mol. The third kappa shape index (κ3) is 2.85. The Kier molecular flexibility index (Phi) is 4.06. The molecular formula is C17H18FNO2. The third-order valence-electron chi connectivity index (χ3n) is 3.57. The molecule has 2 aromatic rings. The van der Waals surface area contributed by atoms with Gasteiger partial charge >= 0.3 is 0 Å². The van der Waals surface area contributed by atoms with Gasteiger partial charge in [-0.2, -0.15) is 0 Å². The highest BCUT2D eigenvalue weighted by molar-refractivity contribution is 5.41. The molecule has 1 heterocycles. The van der Waals surface area contributed by atoms with Crippen LogP contribution in [0.15, 0.2) is 48.5 Å². The molecule has 0 saturated heterocycles. The standard InChI is InChI=1S/C17H18FNO2/c1-2-19-17(12-7-3-4-8-13(12)18)16-11-20-14-9-5-6-10-15(14)21-16/h3-10,16-17,19H,2,11H2,1H3. The Bertz CT molecular complexity index is 617. The summed E-state index contributed by atoms with van der Waals surface area (Å²) in [6.45, 7) is 3.11. The van der Waals surface area contributed by atoms with E-state index in [1.807, 2.05) is 37.3 Å². The molecule has 4 heteroatoms. The Balaban J connectivity index is 1.88. The molecule has 0 amide bonds. The number of para-hydroxylation sites is 2. The third-order valence-corrected chi connectivity index (χ3v) is 3.57. The van der Waals surface area contributed by atoms with E-state index in [4.69, 9.17) is 9.47 Å². The van der Waals surface area contributed by atoms with Crippen molar-refractivity contribution in [3.8, 4) is 11.5 Å². The lowest BCUT2D eigenvalue weighted by Gasteiger charge is -2.33. The summed E-state index contributed by atoms with van der Waals surface area (Å²) in [6.07, 6.45) is -0.267. The van der Waals surface area contributed by atoms with Crippen molar-refractivity contribution in [2.24, 2.45) is 0 Å². The molecule has 21 heavy (non-hydrogen) atoms. The van der Waals surface area contributed by atoms with Gasteiger partial charge in [0.1, 0.15) is 12.4 Å². The summed E-state index contributed by atoms with van der Waals surface area (Å²) in [5, 5.41) is 3.30. The van der Waals surface area contributed by atoms with Crippen molar-refractivity contribution in [3.05, 3.63) is 59.9 Å². The van der Waals surface area contributed by atoms with Crippen LogP contribution in [0.1, 0.15) is 18.5 Å². The summed E-state index contributed by atoms with van der Waals surface area (Å²) in [4.78, 5) is 0. The molecule has 3 nitrogen and oxygen atoms in total. The van der Waals surface area contributed by atoms with E-state index in [9.17, 15) is 4.39 Å². The van der Waals surface area contributed by atoms with Crippen molar-refractivity contribution >= 4 is 0 Å². The number of halogens is 1. The van der Waals surface area contributed by atoms with E-state index in [-0.39, 0.29) is 18.0 Å². The Hall–Kier alpha value is -2.07. The zero-order valence-electron chi connectivity index (χ0n) is 11.9. The predicted octanol–water partition coefficient (Wildman–Crippen LogP) is 3.32. The summed E-state index contributed by atoms with van der Waals surface area (Å²) in [5.41, 5.74) is 0.604. The zero-order valence-corrected chi connectivity index (χ0v) is 11.9. The first-order valence-electron chi connectivity index (χ1n) is 7.16. The average molecular weight is 287 g/mol. The molecule has 2 atom stereocenters. The minimum Gasteiger partial charge on any atom is -0.486 e. The van der Waals surface area contributed by atoms with Gasteiger partial charge in [0.2, 0.25) is 0 Å². The molecule has 1 aliphatic rings. The van der Waals surface area contributed by atoms with E-state index in [1.54, 1.807) is 12.1 Å². The fourth-order valence-corrected chi connectivity index (χ4v) is 2.59. The number of ether oxygens (including phenoxy) is 2. The van der Waals surface area contributed by atoms with Gasteiger partial charge in [0.25, 0.3) is 0 Å². The van der Waals surface area contributed by atoms with Crippen molar-refractivity contribution in [2.45, 2.75) is 19.1 Å². The first kappa shape index (κ1) is 13.9. The van der Waals surface area contributed by atoms with Gasteiger partial charge in [-0.15, -0.1) is 0 Å². The van der Waals surface area contributed by atoms with Crippen molar-refractivity contribution in [2.75, 3.05) is 13.2 Å². The number of rotatable bonds is 4. The van der Waals surface area contributed by atoms with Crippen molar-refractivity contribution < 1.29 is 13.9 Å². The number of hydrogen-bond acceptors (Lipinski definition) is 3. The molecule has 0 fully saturated rings. The van der Waals surface area contributed by atoms with E-state index in [0.717, 1.165) is 12.3 Å². The highest BCUT2D eigenvalue weighted by Gasteiger charge is 2.31. The van der Waals surface area contributed by atoms with Crippen LogP contribution in [0.3, 0.4) is 0 Å². The van der Waals surface area contributed by atoms with E-state index >= 15 is 0 Å². The second-order valence-electron chi connectivity index (χ2n) is 4.97. The van der Waals surface area contributed by atoms with Gasteiger partial charge in [-0.05, 0) is 24.7 Å². The van der Waals surface area contributed by atoms with Crippen LogP contribution < -0.4 is 14.8 Å². The Morgan fingerprint density at radius 1 is 1.14 bits per heavy atom. The molecule has 1 aliphatic heterocycles. The number of fused-ring (bicyclic) bond motifs is 1. The Morgan fingerprint density at radius 2 is 1.86 bits per heavy atom. The van der Waals surface area contributed by atoms with Gasteiger partial charge < -0.3 is 14.8 Å². The van der Waals surface area contributed by atoms with E-state index < -0.39 is 0 Å². The van der Waals surface area contributed by atoms with E-state index in [0.29, 0.717) is 17.9 Å². The van der Waals surface area contributed by atoms with Gasteiger partial charge in [0, 0.05) is 5.56 Å². The maximum atomic E-state index is 14.1. The Labute approximate surface area is 123 Å². The molecule has 0 aliphatic carbocycles. The topological polar surface area (TPSA) is 30.5 Å². The number of nitrogens with one attached hydrogen (secondary N) is 1. The van der Waals surface area contributed by atoms with Crippen molar-refractivity contribution in [1.82, 2.24) is 5.32 Å². The monoisotopic (exact) mass is 287 g/mol. The van der Waals surface area contributed by atoms with Gasteiger partial charge in [-0.1, -0.05) is 37.3 Å². The van der Waals surface area contributed by atoms with Crippen LogP contribution in [0.2, 0.25) is 0 Å². The fraction of sp³-hybridized carbons (Fsp3) is 0.294. The molecule has 2 aromatic carbocycles.